The van der Waals surface area contributed by atoms with E-state index in [0.29, 0.717) is 24.0 Å². The lowest BCUT2D eigenvalue weighted by Crippen LogP contribution is -2.25. The molecule has 2 heterocycles. The molecule has 0 saturated heterocycles. The van der Waals surface area contributed by atoms with Gasteiger partial charge >= 0.3 is 0 Å². The van der Waals surface area contributed by atoms with Crippen LogP contribution in [0.25, 0.3) is 5.69 Å². The van der Waals surface area contributed by atoms with Crippen molar-refractivity contribution in [2.45, 2.75) is 39.7 Å². The van der Waals surface area contributed by atoms with E-state index in [2.05, 4.69) is 22.4 Å². The predicted molar refractivity (Wildman–Crippen MR) is 125 cm³/mol. The van der Waals surface area contributed by atoms with Crippen LogP contribution in [-0.2, 0) is 4.79 Å². The van der Waals surface area contributed by atoms with E-state index in [1.807, 2.05) is 60.9 Å². The van der Waals surface area contributed by atoms with Crippen molar-refractivity contribution in [2.24, 2.45) is 4.99 Å². The smallest absolute Gasteiger partial charge is 0.222 e. The lowest BCUT2D eigenvalue weighted by atomic mass is 10.00. The number of hydrogen-bond donors (Lipinski definition) is 1. The molecule has 0 spiro atoms. The number of hydrogen-bond acceptors (Lipinski definition) is 5. The Bertz CT molecular complexity index is 1150. The van der Waals surface area contributed by atoms with E-state index in [1.54, 1.807) is 0 Å². The van der Waals surface area contributed by atoms with Crippen molar-refractivity contribution in [3.8, 4) is 11.4 Å². The second kappa shape index (κ2) is 9.53. The maximum Gasteiger partial charge on any atom is 0.222 e. The monoisotopic (exact) mass is 451 g/mol. The Balaban J connectivity index is 1.92. The zero-order valence-corrected chi connectivity index (χ0v) is 19.2. The zero-order valence-electron chi connectivity index (χ0n) is 18.4. The molecule has 1 aliphatic rings. The highest BCUT2D eigenvalue weighted by atomic mass is 35.5. The minimum absolute atomic E-state index is 0.0816. The minimum atomic E-state index is -0.485. The van der Waals surface area contributed by atoms with Gasteiger partial charge in [0.25, 0.3) is 0 Å². The molecule has 0 unspecified atom stereocenters. The number of benzene rings is 2. The van der Waals surface area contributed by atoms with Crippen molar-refractivity contribution in [3.05, 3.63) is 70.3 Å². The number of fused-ring (bicyclic) bond motifs is 3. The molecule has 1 atom stereocenters. The molecular weight excluding hydrogens is 426 g/mol. The van der Waals surface area contributed by atoms with E-state index in [1.165, 1.54) is 0 Å². The topological polar surface area (TPSA) is 81.4 Å². The van der Waals surface area contributed by atoms with E-state index in [9.17, 15) is 4.79 Å². The van der Waals surface area contributed by atoms with Crippen LogP contribution in [0.4, 0.5) is 0 Å². The van der Waals surface area contributed by atoms with E-state index < -0.39 is 6.04 Å². The van der Waals surface area contributed by atoms with Crippen molar-refractivity contribution < 1.29 is 9.53 Å². The number of aliphatic imine (C=N–C) groups is 1. The fraction of sp³-hybridized carbons (Fsp3) is 0.333. The number of aromatic nitrogens is 3. The molecule has 8 heteroatoms. The zero-order chi connectivity index (χ0) is 22.7. The minimum Gasteiger partial charge on any atom is -0.494 e. The third-order valence-electron chi connectivity index (χ3n) is 5.24. The first kappa shape index (κ1) is 22.0. The molecule has 0 fully saturated rings. The van der Waals surface area contributed by atoms with Gasteiger partial charge in [0, 0.05) is 22.7 Å². The molecule has 166 valence electrons. The lowest BCUT2D eigenvalue weighted by molar-refractivity contribution is -0.121. The maximum absolute atomic E-state index is 12.5. The molecule has 0 saturated carbocycles. The largest absolute Gasteiger partial charge is 0.494 e. The summed E-state index contributed by atoms with van der Waals surface area (Å²) >= 11 is 6.14. The third kappa shape index (κ3) is 4.39. The van der Waals surface area contributed by atoms with Gasteiger partial charge in [0.05, 0.1) is 24.4 Å². The van der Waals surface area contributed by atoms with E-state index in [4.69, 9.17) is 21.3 Å². The summed E-state index contributed by atoms with van der Waals surface area (Å²) < 4.78 is 7.89. The summed E-state index contributed by atoms with van der Waals surface area (Å²) in [5.41, 5.74) is 3.46. The molecule has 3 aromatic rings. The van der Waals surface area contributed by atoms with Crippen LogP contribution in [0.1, 0.15) is 55.5 Å². The van der Waals surface area contributed by atoms with Crippen LogP contribution in [0, 0.1) is 6.92 Å². The molecule has 0 radical (unpaired) electrons. The van der Waals surface area contributed by atoms with E-state index in [0.717, 1.165) is 40.5 Å². The summed E-state index contributed by atoms with van der Waals surface area (Å²) in [7, 11) is 0. The van der Waals surface area contributed by atoms with Gasteiger partial charge in [0.1, 0.15) is 17.6 Å². The van der Waals surface area contributed by atoms with Crippen molar-refractivity contribution in [1.82, 2.24) is 20.1 Å². The van der Waals surface area contributed by atoms with Crippen molar-refractivity contribution in [3.63, 3.8) is 0 Å². The van der Waals surface area contributed by atoms with Crippen molar-refractivity contribution >= 4 is 23.2 Å². The number of halogens is 1. The Morgan fingerprint density at radius 2 is 1.94 bits per heavy atom. The molecule has 4 rings (SSSR count). The second-order valence-electron chi connectivity index (χ2n) is 7.63. The lowest BCUT2D eigenvalue weighted by Gasteiger charge is -2.15. The average Bonchev–Trinajstić information content (AvgIpc) is 3.11. The number of carbonyl (C=O) groups excluding carboxylic acids is 1. The van der Waals surface area contributed by atoms with Crippen molar-refractivity contribution in [2.75, 3.05) is 13.2 Å². The van der Waals surface area contributed by atoms with Crippen LogP contribution >= 0.6 is 11.6 Å². The normalized spacial score (nSPS) is 14.8. The van der Waals surface area contributed by atoms with Crippen LogP contribution < -0.4 is 10.1 Å². The van der Waals surface area contributed by atoms with E-state index in [-0.39, 0.29) is 12.3 Å². The fourth-order valence-electron chi connectivity index (χ4n) is 3.80. The summed E-state index contributed by atoms with van der Waals surface area (Å²) in [6, 6.07) is 13.0. The van der Waals surface area contributed by atoms with Crippen LogP contribution in [0.15, 0.2) is 47.5 Å². The number of nitrogens with one attached hydrogen (secondary N) is 1. The molecule has 2 aromatic carbocycles. The highest BCUT2D eigenvalue weighted by Crippen LogP contribution is 2.34. The molecule has 1 aliphatic heterocycles. The maximum atomic E-state index is 12.5. The molecule has 0 bridgehead atoms. The third-order valence-corrected chi connectivity index (χ3v) is 5.49. The van der Waals surface area contributed by atoms with Gasteiger partial charge in [-0.05, 0) is 50.6 Å². The van der Waals surface area contributed by atoms with Gasteiger partial charge in [-0.2, -0.15) is 0 Å². The van der Waals surface area contributed by atoms with Gasteiger partial charge in [-0.3, -0.25) is 14.4 Å². The second-order valence-corrected chi connectivity index (χ2v) is 8.06. The molecule has 7 nitrogen and oxygen atoms in total. The summed E-state index contributed by atoms with van der Waals surface area (Å²) in [5, 5.41) is 12.2. The Morgan fingerprint density at radius 3 is 2.66 bits per heavy atom. The Hall–Kier alpha value is -3.19. The molecule has 1 aromatic heterocycles. The Kier molecular flexibility index (Phi) is 6.55. The first-order valence-corrected chi connectivity index (χ1v) is 11.2. The fourth-order valence-corrected chi connectivity index (χ4v) is 3.93. The Labute approximate surface area is 192 Å². The summed E-state index contributed by atoms with van der Waals surface area (Å²) in [4.78, 5) is 17.5. The van der Waals surface area contributed by atoms with Crippen LogP contribution in [-0.4, -0.2) is 39.5 Å². The predicted octanol–water partition coefficient (Wildman–Crippen LogP) is 4.44. The molecule has 1 N–H and O–H groups in total. The van der Waals surface area contributed by atoms with Crippen molar-refractivity contribution in [1.29, 1.82) is 0 Å². The first-order chi connectivity index (χ1) is 15.5. The van der Waals surface area contributed by atoms with E-state index >= 15 is 0 Å². The standard InChI is InChI=1S/C24H26ClN5O2/c1-4-12-32-18-10-11-21-19(13-18)23(16-6-8-17(25)9-7-16)27-20(14-22(31)26-5-2)24-29-28-15(3)30(21)24/h6-11,13,20H,4-5,12,14H2,1-3H3,(H,26,31)/t20-/m0/s1. The quantitative estimate of drug-likeness (QED) is 0.575. The van der Waals surface area contributed by atoms with Gasteiger partial charge < -0.3 is 10.1 Å². The molecular formula is C24H26ClN5O2. The van der Waals surface area contributed by atoms with Gasteiger partial charge in [-0.25, -0.2) is 0 Å². The Morgan fingerprint density at radius 1 is 1.16 bits per heavy atom. The number of amides is 1. The van der Waals surface area contributed by atoms with Gasteiger partial charge in [-0.15, -0.1) is 10.2 Å². The summed E-state index contributed by atoms with van der Waals surface area (Å²) in [6.07, 6.45) is 1.09. The summed E-state index contributed by atoms with van der Waals surface area (Å²) in [6.45, 7) is 7.06. The van der Waals surface area contributed by atoms with Crippen LogP contribution in [0.5, 0.6) is 5.75 Å². The average molecular weight is 452 g/mol. The van der Waals surface area contributed by atoms with Crippen LogP contribution in [0.2, 0.25) is 5.02 Å². The number of aryl methyl sites for hydroxylation is 1. The van der Waals surface area contributed by atoms with Gasteiger partial charge in [0.15, 0.2) is 5.82 Å². The molecule has 1 amide bonds. The highest BCUT2D eigenvalue weighted by Gasteiger charge is 2.29. The molecule has 0 aliphatic carbocycles. The SMILES string of the molecule is CCCOc1ccc2c(c1)C(c1ccc(Cl)cc1)=N[C@@H](CC(=O)NCC)c1nnc(C)n1-2. The number of ether oxygens (including phenoxy) is 1. The number of nitrogens with zero attached hydrogens (tertiary/aromatic N) is 4. The number of rotatable bonds is 7. The highest BCUT2D eigenvalue weighted by molar-refractivity contribution is 6.30. The first-order valence-electron chi connectivity index (χ1n) is 10.8. The van der Waals surface area contributed by atoms with Gasteiger partial charge in [0.2, 0.25) is 5.91 Å². The summed E-state index contributed by atoms with van der Waals surface area (Å²) in [5.74, 6) is 2.06. The molecule has 32 heavy (non-hydrogen) atoms. The van der Waals surface area contributed by atoms with Gasteiger partial charge in [-0.1, -0.05) is 30.7 Å². The number of carbonyl (C=O) groups is 1. The van der Waals surface area contributed by atoms with Crippen LogP contribution in [0.3, 0.4) is 0 Å².